The number of amides is 1. The van der Waals surface area contributed by atoms with Crippen molar-refractivity contribution in [2.75, 3.05) is 70.5 Å². The summed E-state index contributed by atoms with van der Waals surface area (Å²) in [7, 11) is 0. The minimum Gasteiger partial charge on any atom is -0.451 e. The van der Waals surface area contributed by atoms with E-state index in [1.165, 1.54) is 12.3 Å². The fourth-order valence-corrected chi connectivity index (χ4v) is 5.91. The lowest BCUT2D eigenvalue weighted by Crippen LogP contribution is -2.49. The molecule has 0 spiro atoms. The third-order valence-electron chi connectivity index (χ3n) is 7.99. The normalized spacial score (nSPS) is 17.7. The van der Waals surface area contributed by atoms with Gasteiger partial charge in [0, 0.05) is 69.6 Å². The highest BCUT2D eigenvalue weighted by Gasteiger charge is 2.32. The lowest BCUT2D eigenvalue weighted by atomic mass is 10.0. The van der Waals surface area contributed by atoms with Crippen LogP contribution in [0.5, 0.6) is 11.5 Å². The Hall–Kier alpha value is -3.18. The molecule has 1 aromatic heterocycles. The number of nitrogens with one attached hydrogen (secondary N) is 1. The van der Waals surface area contributed by atoms with Crippen molar-refractivity contribution in [2.24, 2.45) is 0 Å². The van der Waals surface area contributed by atoms with Crippen LogP contribution >= 0.6 is 11.6 Å². The number of rotatable bonds is 6. The molecular formula is C29H33ClFN5O4. The van der Waals surface area contributed by atoms with Gasteiger partial charge in [-0.05, 0) is 38.1 Å². The minimum absolute atomic E-state index is 0.0639. The van der Waals surface area contributed by atoms with Crippen LogP contribution in [0.25, 0.3) is 16.6 Å². The lowest BCUT2D eigenvalue weighted by molar-refractivity contribution is 0.0383. The van der Waals surface area contributed by atoms with Crippen LogP contribution < -0.4 is 20.4 Å². The number of pyridine rings is 1. The van der Waals surface area contributed by atoms with Gasteiger partial charge in [-0.2, -0.15) is 0 Å². The first-order chi connectivity index (χ1) is 19.3. The number of hydrogen-bond acceptors (Lipinski definition) is 7. The summed E-state index contributed by atoms with van der Waals surface area (Å²) in [6.07, 6.45) is 1.52. The van der Waals surface area contributed by atoms with Gasteiger partial charge in [0.1, 0.15) is 16.8 Å². The highest BCUT2D eigenvalue weighted by Crippen LogP contribution is 2.47. The standard InChI is InChI=1S/C29H33ClFN5O4/c1-18(2)34-7-9-35(10-8-34)26-22(31)16-20-25-28(26)40-24-4-3-19(30)15-23(24)36(25)17-21(27(20)37)29(38)32-5-6-33-11-13-39-14-12-33/h3-4,15-18H,5-14H2,1-2H3,(H,32,38). The molecule has 0 bridgehead atoms. The second kappa shape index (κ2) is 11.0. The number of nitrogens with zero attached hydrogens (tertiary/aromatic N) is 4. The number of ether oxygens (including phenoxy) is 2. The smallest absolute Gasteiger partial charge is 0.256 e. The molecular weight excluding hydrogens is 537 g/mol. The van der Waals surface area contributed by atoms with E-state index in [1.807, 2.05) is 4.90 Å². The summed E-state index contributed by atoms with van der Waals surface area (Å²) in [5.41, 5.74) is 0.723. The second-order valence-electron chi connectivity index (χ2n) is 10.7. The number of benzene rings is 2. The summed E-state index contributed by atoms with van der Waals surface area (Å²) >= 11 is 6.34. The number of morpholine rings is 1. The first-order valence-electron chi connectivity index (χ1n) is 13.8. The number of halogens is 2. The SMILES string of the molecule is CC(C)N1CCN(c2c(F)cc3c(=O)c(C(=O)NCCN4CCOCC4)cn4c3c2Oc2ccc(Cl)cc2-4)CC1. The Labute approximate surface area is 237 Å². The molecule has 2 fully saturated rings. The Morgan fingerprint density at radius 1 is 1.10 bits per heavy atom. The molecule has 1 amide bonds. The van der Waals surface area contributed by atoms with Crippen LogP contribution in [0.2, 0.25) is 5.02 Å². The maximum atomic E-state index is 15.9. The zero-order valence-corrected chi connectivity index (χ0v) is 23.5. The van der Waals surface area contributed by atoms with E-state index >= 15 is 4.39 Å². The predicted octanol–water partition coefficient (Wildman–Crippen LogP) is 3.48. The molecule has 4 heterocycles. The van der Waals surface area contributed by atoms with Crippen LogP contribution in [-0.2, 0) is 4.74 Å². The maximum absolute atomic E-state index is 15.9. The summed E-state index contributed by atoms with van der Waals surface area (Å²) in [6.45, 7) is 11.1. The Bertz CT molecular complexity index is 1510. The molecule has 0 unspecified atom stereocenters. The van der Waals surface area contributed by atoms with E-state index in [0.29, 0.717) is 73.1 Å². The predicted molar refractivity (Wildman–Crippen MR) is 153 cm³/mol. The number of carbonyl (C=O) groups excluding carboxylic acids is 1. The molecule has 9 nitrogen and oxygen atoms in total. The van der Waals surface area contributed by atoms with Crippen molar-refractivity contribution in [1.29, 1.82) is 0 Å². The topological polar surface area (TPSA) is 79.3 Å². The maximum Gasteiger partial charge on any atom is 0.256 e. The second-order valence-corrected chi connectivity index (χ2v) is 11.2. The number of aromatic nitrogens is 1. The Morgan fingerprint density at radius 2 is 1.85 bits per heavy atom. The average Bonchev–Trinajstić information content (AvgIpc) is 2.95. The van der Waals surface area contributed by atoms with Gasteiger partial charge in [-0.1, -0.05) is 11.6 Å². The first-order valence-corrected chi connectivity index (χ1v) is 14.2. The monoisotopic (exact) mass is 569 g/mol. The lowest BCUT2D eigenvalue weighted by Gasteiger charge is -2.39. The van der Waals surface area contributed by atoms with Crippen molar-refractivity contribution < 1.29 is 18.7 Å². The Balaban J connectivity index is 1.41. The molecule has 0 aliphatic carbocycles. The molecule has 0 atom stereocenters. The van der Waals surface area contributed by atoms with Crippen molar-refractivity contribution in [3.63, 3.8) is 0 Å². The van der Waals surface area contributed by atoms with Gasteiger partial charge in [0.05, 0.1) is 24.3 Å². The molecule has 3 aromatic rings. The Morgan fingerprint density at radius 3 is 2.58 bits per heavy atom. The van der Waals surface area contributed by atoms with E-state index in [2.05, 4.69) is 29.0 Å². The molecule has 1 N–H and O–H groups in total. The third kappa shape index (κ3) is 4.94. The van der Waals surface area contributed by atoms with Gasteiger partial charge in [0.2, 0.25) is 5.43 Å². The van der Waals surface area contributed by atoms with Crippen molar-refractivity contribution in [3.05, 3.63) is 57.1 Å². The number of piperazine rings is 1. The minimum atomic E-state index is -0.550. The summed E-state index contributed by atoms with van der Waals surface area (Å²) in [5.74, 6) is -0.311. The third-order valence-corrected chi connectivity index (χ3v) is 8.22. The number of anilines is 1. The van der Waals surface area contributed by atoms with Crippen LogP contribution in [0.3, 0.4) is 0 Å². The first kappa shape index (κ1) is 27.0. The molecule has 2 saturated heterocycles. The highest BCUT2D eigenvalue weighted by atomic mass is 35.5. The quantitative estimate of drug-likeness (QED) is 0.381. The van der Waals surface area contributed by atoms with Gasteiger partial charge < -0.3 is 24.3 Å². The van der Waals surface area contributed by atoms with Gasteiger partial charge in [-0.3, -0.25) is 19.4 Å². The van der Waals surface area contributed by atoms with E-state index in [1.54, 1.807) is 22.8 Å². The van der Waals surface area contributed by atoms with Gasteiger partial charge in [0.15, 0.2) is 17.3 Å². The number of hydrogen-bond donors (Lipinski definition) is 1. The summed E-state index contributed by atoms with van der Waals surface area (Å²) < 4.78 is 29.3. The van der Waals surface area contributed by atoms with Crippen LogP contribution in [-0.4, -0.2) is 91.9 Å². The molecule has 6 rings (SSSR count). The van der Waals surface area contributed by atoms with Crippen molar-refractivity contribution in [2.45, 2.75) is 19.9 Å². The van der Waals surface area contributed by atoms with E-state index in [0.717, 1.165) is 26.2 Å². The molecule has 212 valence electrons. The van der Waals surface area contributed by atoms with Crippen LogP contribution in [0, 0.1) is 5.82 Å². The average molecular weight is 570 g/mol. The molecule has 0 radical (unpaired) electrons. The van der Waals surface area contributed by atoms with Crippen molar-refractivity contribution in [1.82, 2.24) is 19.7 Å². The van der Waals surface area contributed by atoms with Gasteiger partial charge in [0.25, 0.3) is 5.91 Å². The van der Waals surface area contributed by atoms with E-state index in [4.69, 9.17) is 21.1 Å². The zero-order valence-electron chi connectivity index (χ0n) is 22.7. The van der Waals surface area contributed by atoms with E-state index < -0.39 is 17.2 Å². The largest absolute Gasteiger partial charge is 0.451 e. The molecule has 3 aliphatic heterocycles. The number of carbonyl (C=O) groups is 1. The summed E-state index contributed by atoms with van der Waals surface area (Å²) in [4.78, 5) is 33.4. The van der Waals surface area contributed by atoms with Gasteiger partial charge in [-0.15, -0.1) is 0 Å². The van der Waals surface area contributed by atoms with Gasteiger partial charge >= 0.3 is 0 Å². The van der Waals surface area contributed by atoms with E-state index in [9.17, 15) is 9.59 Å². The fourth-order valence-electron chi connectivity index (χ4n) is 5.74. The van der Waals surface area contributed by atoms with Crippen LogP contribution in [0.1, 0.15) is 24.2 Å². The summed E-state index contributed by atoms with van der Waals surface area (Å²) in [5, 5.41) is 3.42. The molecule has 2 aromatic carbocycles. The molecule has 0 saturated carbocycles. The number of fused-ring (bicyclic) bond motifs is 2. The molecule has 11 heteroatoms. The van der Waals surface area contributed by atoms with Crippen molar-refractivity contribution >= 4 is 34.1 Å². The van der Waals surface area contributed by atoms with Crippen LogP contribution in [0.15, 0.2) is 35.3 Å². The van der Waals surface area contributed by atoms with Crippen LogP contribution in [0.4, 0.5) is 10.1 Å². The summed E-state index contributed by atoms with van der Waals surface area (Å²) in [6, 6.07) is 6.78. The fraction of sp³-hybridized carbons (Fsp3) is 0.448. The highest BCUT2D eigenvalue weighted by molar-refractivity contribution is 6.30. The molecule has 3 aliphatic rings. The van der Waals surface area contributed by atoms with E-state index in [-0.39, 0.29) is 16.7 Å². The zero-order chi connectivity index (χ0) is 28.0. The molecule has 40 heavy (non-hydrogen) atoms. The Kier molecular flexibility index (Phi) is 7.43. The van der Waals surface area contributed by atoms with Gasteiger partial charge in [-0.25, -0.2) is 4.39 Å². The van der Waals surface area contributed by atoms with Crippen molar-refractivity contribution in [3.8, 4) is 17.2 Å².